The van der Waals surface area contributed by atoms with Gasteiger partial charge in [0.05, 0.1) is 13.3 Å². The zero-order valence-corrected chi connectivity index (χ0v) is 9.95. The fourth-order valence-corrected chi connectivity index (χ4v) is 1.54. The Kier molecular flexibility index (Phi) is 3.91. The van der Waals surface area contributed by atoms with E-state index < -0.39 is 12.1 Å². The van der Waals surface area contributed by atoms with Gasteiger partial charge in [-0.15, -0.1) is 0 Å². The Hall–Kier alpha value is -2.36. The lowest BCUT2D eigenvalue weighted by Crippen LogP contribution is -2.20. The van der Waals surface area contributed by atoms with Crippen molar-refractivity contribution in [1.29, 1.82) is 0 Å². The van der Waals surface area contributed by atoms with E-state index in [1.807, 2.05) is 30.3 Å². The van der Waals surface area contributed by atoms with Crippen molar-refractivity contribution in [2.75, 3.05) is 7.11 Å². The molecule has 2 rings (SSSR count). The smallest absolute Gasteiger partial charge is 0.351 e. The molecule has 0 fully saturated rings. The number of hydrogen-bond acceptors (Lipinski definition) is 4. The molecule has 1 unspecified atom stereocenters. The molecule has 4 heteroatoms. The largest absolute Gasteiger partial charge is 0.472 e. The molecule has 4 nitrogen and oxygen atoms in total. The highest BCUT2D eigenvalue weighted by molar-refractivity contribution is 5.76. The van der Waals surface area contributed by atoms with Crippen molar-refractivity contribution >= 4 is 5.97 Å². The Morgan fingerprint density at radius 3 is 2.56 bits per heavy atom. The van der Waals surface area contributed by atoms with Crippen molar-refractivity contribution in [2.24, 2.45) is 0 Å². The lowest BCUT2D eigenvalue weighted by Gasteiger charge is -2.16. The van der Waals surface area contributed by atoms with Gasteiger partial charge in [-0.25, -0.2) is 4.79 Å². The van der Waals surface area contributed by atoms with Gasteiger partial charge in [0.25, 0.3) is 0 Å². The van der Waals surface area contributed by atoms with E-state index in [2.05, 4.69) is 4.98 Å². The molecule has 18 heavy (non-hydrogen) atoms. The Bertz CT molecular complexity index is 499. The predicted molar refractivity (Wildman–Crippen MR) is 66.1 cm³/mol. The number of carbonyl (C=O) groups is 1. The number of ether oxygens (including phenoxy) is 2. The first kappa shape index (κ1) is 12.1. The van der Waals surface area contributed by atoms with Crippen LogP contribution in [0.4, 0.5) is 0 Å². The summed E-state index contributed by atoms with van der Waals surface area (Å²) < 4.78 is 10.4. The SMILES string of the molecule is COC(=O)C(Oc1cccnc1)c1ccccc1. The molecule has 0 amide bonds. The van der Waals surface area contributed by atoms with Gasteiger partial charge in [-0.2, -0.15) is 0 Å². The number of pyridine rings is 1. The van der Waals surface area contributed by atoms with Crippen molar-refractivity contribution in [3.8, 4) is 5.75 Å². The second kappa shape index (κ2) is 5.82. The molecule has 2 aromatic rings. The molecule has 0 aliphatic heterocycles. The first-order valence-corrected chi connectivity index (χ1v) is 5.50. The molecular weight excluding hydrogens is 230 g/mol. The third kappa shape index (κ3) is 2.85. The number of rotatable bonds is 4. The van der Waals surface area contributed by atoms with Crippen molar-refractivity contribution < 1.29 is 14.3 Å². The fraction of sp³-hybridized carbons (Fsp3) is 0.143. The van der Waals surface area contributed by atoms with Crippen molar-refractivity contribution in [3.05, 3.63) is 60.4 Å². The predicted octanol–water partition coefficient (Wildman–Crippen LogP) is 2.37. The van der Waals surface area contributed by atoms with E-state index in [0.717, 1.165) is 5.56 Å². The van der Waals surface area contributed by atoms with Gasteiger partial charge >= 0.3 is 5.97 Å². The summed E-state index contributed by atoms with van der Waals surface area (Å²) in [7, 11) is 1.34. The van der Waals surface area contributed by atoms with Crippen LogP contribution in [0.15, 0.2) is 54.9 Å². The van der Waals surface area contributed by atoms with Gasteiger partial charge in [0.15, 0.2) is 0 Å². The van der Waals surface area contributed by atoms with E-state index in [0.29, 0.717) is 5.75 Å². The van der Waals surface area contributed by atoms with E-state index >= 15 is 0 Å². The Morgan fingerprint density at radius 1 is 1.17 bits per heavy atom. The first-order valence-electron chi connectivity index (χ1n) is 5.50. The number of carbonyl (C=O) groups excluding carboxylic acids is 1. The molecule has 0 N–H and O–H groups in total. The van der Waals surface area contributed by atoms with Gasteiger partial charge < -0.3 is 9.47 Å². The summed E-state index contributed by atoms with van der Waals surface area (Å²) in [6.45, 7) is 0. The monoisotopic (exact) mass is 243 g/mol. The van der Waals surface area contributed by atoms with Crippen LogP contribution >= 0.6 is 0 Å². The highest BCUT2D eigenvalue weighted by Gasteiger charge is 2.23. The van der Waals surface area contributed by atoms with E-state index in [1.54, 1.807) is 24.5 Å². The van der Waals surface area contributed by atoms with Gasteiger partial charge in [0, 0.05) is 11.8 Å². The molecule has 92 valence electrons. The third-order valence-corrected chi connectivity index (χ3v) is 2.41. The van der Waals surface area contributed by atoms with Crippen LogP contribution in [-0.4, -0.2) is 18.1 Å². The van der Waals surface area contributed by atoms with Gasteiger partial charge in [-0.05, 0) is 12.1 Å². The Morgan fingerprint density at radius 2 is 1.94 bits per heavy atom. The minimum atomic E-state index is -0.777. The van der Waals surface area contributed by atoms with Crippen LogP contribution in [0, 0.1) is 0 Å². The topological polar surface area (TPSA) is 48.4 Å². The second-order valence-electron chi connectivity index (χ2n) is 3.62. The van der Waals surface area contributed by atoms with E-state index in [-0.39, 0.29) is 0 Å². The summed E-state index contributed by atoms with van der Waals surface area (Å²) in [6, 6.07) is 12.7. The number of aromatic nitrogens is 1. The average Bonchev–Trinajstić information content (AvgIpc) is 2.46. The van der Waals surface area contributed by atoms with Crippen LogP contribution in [0.5, 0.6) is 5.75 Å². The van der Waals surface area contributed by atoms with Crippen LogP contribution in [0.2, 0.25) is 0 Å². The third-order valence-electron chi connectivity index (χ3n) is 2.41. The molecule has 0 aliphatic rings. The average molecular weight is 243 g/mol. The summed E-state index contributed by atoms with van der Waals surface area (Å²) in [5.74, 6) is 0.0850. The zero-order chi connectivity index (χ0) is 12.8. The molecule has 0 spiro atoms. The van der Waals surface area contributed by atoms with Crippen LogP contribution in [0.25, 0.3) is 0 Å². The van der Waals surface area contributed by atoms with Gasteiger partial charge in [0.2, 0.25) is 6.10 Å². The highest BCUT2D eigenvalue weighted by Crippen LogP contribution is 2.22. The van der Waals surface area contributed by atoms with Crippen LogP contribution < -0.4 is 4.74 Å². The molecule has 0 saturated heterocycles. The number of benzene rings is 1. The number of methoxy groups -OCH3 is 1. The Labute approximate surface area is 105 Å². The fourth-order valence-electron chi connectivity index (χ4n) is 1.54. The van der Waals surface area contributed by atoms with Gasteiger partial charge in [-0.1, -0.05) is 30.3 Å². The quantitative estimate of drug-likeness (QED) is 0.773. The highest BCUT2D eigenvalue weighted by atomic mass is 16.6. The maximum Gasteiger partial charge on any atom is 0.351 e. The number of esters is 1. The summed E-state index contributed by atoms with van der Waals surface area (Å²) in [6.07, 6.45) is 2.42. The van der Waals surface area contributed by atoms with Crippen LogP contribution in [0.1, 0.15) is 11.7 Å². The molecular formula is C14H13NO3. The molecule has 0 aliphatic carbocycles. The summed E-state index contributed by atoms with van der Waals surface area (Å²) in [4.78, 5) is 15.7. The van der Waals surface area contributed by atoms with E-state index in [9.17, 15) is 4.79 Å². The number of hydrogen-bond donors (Lipinski definition) is 0. The van der Waals surface area contributed by atoms with Crippen molar-refractivity contribution in [1.82, 2.24) is 4.98 Å². The Balaban J connectivity index is 2.24. The molecule has 1 aromatic carbocycles. The molecule has 1 atom stereocenters. The summed E-state index contributed by atoms with van der Waals surface area (Å²) in [5.41, 5.74) is 0.744. The summed E-state index contributed by atoms with van der Waals surface area (Å²) >= 11 is 0. The minimum absolute atomic E-state index is 0.440. The van der Waals surface area contributed by atoms with Gasteiger partial charge in [0.1, 0.15) is 5.75 Å². The second-order valence-corrected chi connectivity index (χ2v) is 3.62. The lowest BCUT2D eigenvalue weighted by atomic mass is 10.1. The standard InChI is InChI=1S/C14H13NO3/c1-17-14(16)13(11-6-3-2-4-7-11)18-12-8-5-9-15-10-12/h2-10,13H,1H3. The molecule has 0 saturated carbocycles. The molecule has 0 radical (unpaired) electrons. The first-order chi connectivity index (χ1) is 8.81. The maximum absolute atomic E-state index is 11.7. The van der Waals surface area contributed by atoms with Crippen molar-refractivity contribution in [3.63, 3.8) is 0 Å². The molecule has 1 heterocycles. The van der Waals surface area contributed by atoms with Crippen molar-refractivity contribution in [2.45, 2.75) is 6.10 Å². The zero-order valence-electron chi connectivity index (χ0n) is 9.95. The van der Waals surface area contributed by atoms with Gasteiger partial charge in [-0.3, -0.25) is 4.98 Å². The number of nitrogens with zero attached hydrogens (tertiary/aromatic N) is 1. The minimum Gasteiger partial charge on any atom is -0.472 e. The van der Waals surface area contributed by atoms with E-state index in [1.165, 1.54) is 7.11 Å². The maximum atomic E-state index is 11.7. The summed E-state index contributed by atoms with van der Waals surface area (Å²) in [5, 5.41) is 0. The van der Waals surface area contributed by atoms with E-state index in [4.69, 9.17) is 9.47 Å². The molecule has 0 bridgehead atoms. The normalized spacial score (nSPS) is 11.6. The molecule has 1 aromatic heterocycles. The van der Waals surface area contributed by atoms with Crippen LogP contribution in [0.3, 0.4) is 0 Å². The van der Waals surface area contributed by atoms with Crippen LogP contribution in [-0.2, 0) is 9.53 Å². The lowest BCUT2D eigenvalue weighted by molar-refractivity contribution is -0.149.